The first-order valence-electron chi connectivity index (χ1n) is 8.44. The Morgan fingerprint density at radius 2 is 1.83 bits per heavy atom. The van der Waals surface area contributed by atoms with Crippen molar-refractivity contribution in [1.29, 1.82) is 0 Å². The number of nitrogens with one attached hydrogen (secondary N) is 1. The quantitative estimate of drug-likeness (QED) is 0.487. The molecule has 156 valence electrons. The summed E-state index contributed by atoms with van der Waals surface area (Å²) >= 11 is 0. The van der Waals surface area contributed by atoms with Gasteiger partial charge >= 0.3 is 0 Å². The molecule has 0 aliphatic carbocycles. The van der Waals surface area contributed by atoms with Crippen LogP contribution in [0, 0.1) is 0 Å². The van der Waals surface area contributed by atoms with Gasteiger partial charge in [-0.15, -0.1) is 0 Å². The van der Waals surface area contributed by atoms with E-state index in [-0.39, 0.29) is 0 Å². The summed E-state index contributed by atoms with van der Waals surface area (Å²) < 4.78 is 40.9. The molecule has 29 heavy (non-hydrogen) atoms. The maximum absolute atomic E-state index is 12.3. The molecule has 10 heteroatoms. The van der Waals surface area contributed by atoms with Crippen LogP contribution in [0.2, 0.25) is 0 Å². The number of hydrogen-bond acceptors (Lipinski definition) is 7. The Kier molecular flexibility index (Phi) is 7.43. The average Bonchev–Trinajstić information content (AvgIpc) is 2.70. The third-order valence-corrected chi connectivity index (χ3v) is 5.00. The van der Waals surface area contributed by atoms with Crippen LogP contribution < -0.4 is 23.9 Å². The van der Waals surface area contributed by atoms with Crippen molar-refractivity contribution in [2.75, 3.05) is 38.4 Å². The van der Waals surface area contributed by atoms with E-state index in [0.717, 1.165) is 10.6 Å². The SMILES string of the molecule is COc1cccc(N(CC(=O)N/N=C\c2cccc(OC)c2OC)S(C)(=O)=O)c1. The van der Waals surface area contributed by atoms with Gasteiger partial charge in [-0.05, 0) is 24.3 Å². The summed E-state index contributed by atoms with van der Waals surface area (Å²) in [7, 11) is 0.769. The van der Waals surface area contributed by atoms with Gasteiger partial charge in [0.25, 0.3) is 5.91 Å². The molecule has 0 saturated heterocycles. The number of carbonyl (C=O) groups is 1. The Bertz CT molecular complexity index is 991. The van der Waals surface area contributed by atoms with Gasteiger partial charge in [0.05, 0.1) is 39.5 Å². The van der Waals surface area contributed by atoms with Crippen LogP contribution in [-0.4, -0.2) is 54.7 Å². The molecule has 0 bridgehead atoms. The highest BCUT2D eigenvalue weighted by molar-refractivity contribution is 7.92. The maximum atomic E-state index is 12.3. The Hall–Kier alpha value is -3.27. The highest BCUT2D eigenvalue weighted by atomic mass is 32.2. The second kappa shape index (κ2) is 9.78. The van der Waals surface area contributed by atoms with Gasteiger partial charge < -0.3 is 14.2 Å². The molecule has 2 rings (SSSR count). The number of amides is 1. The van der Waals surface area contributed by atoms with Crippen molar-refractivity contribution in [3.8, 4) is 17.2 Å². The standard InChI is InChI=1S/C19H23N3O6S/c1-26-16-9-6-8-15(11-16)22(29(4,24)25)13-18(23)21-20-12-14-7-5-10-17(27-2)19(14)28-3/h5-12H,13H2,1-4H3,(H,21,23)/b20-12-. The van der Waals surface area contributed by atoms with Crippen LogP contribution in [0.1, 0.15) is 5.56 Å². The summed E-state index contributed by atoms with van der Waals surface area (Å²) in [6.45, 7) is -0.446. The summed E-state index contributed by atoms with van der Waals surface area (Å²) in [5.41, 5.74) is 3.21. The number of hydrogen-bond donors (Lipinski definition) is 1. The van der Waals surface area contributed by atoms with E-state index in [0.29, 0.717) is 28.5 Å². The predicted molar refractivity (Wildman–Crippen MR) is 110 cm³/mol. The van der Waals surface area contributed by atoms with Crippen LogP contribution in [0.25, 0.3) is 0 Å². The second-order valence-electron chi connectivity index (χ2n) is 5.85. The van der Waals surface area contributed by atoms with Crippen molar-refractivity contribution in [3.05, 3.63) is 48.0 Å². The second-order valence-corrected chi connectivity index (χ2v) is 7.75. The Balaban J connectivity index is 2.14. The number of ether oxygens (including phenoxy) is 3. The third kappa shape index (κ3) is 5.85. The highest BCUT2D eigenvalue weighted by Crippen LogP contribution is 2.29. The molecule has 1 N–H and O–H groups in total. The fourth-order valence-corrected chi connectivity index (χ4v) is 3.37. The Labute approximate surface area is 169 Å². The summed E-state index contributed by atoms with van der Waals surface area (Å²) in [5, 5.41) is 3.88. The molecule has 0 heterocycles. The van der Waals surface area contributed by atoms with Crippen LogP contribution in [-0.2, 0) is 14.8 Å². The molecule has 0 aliphatic heterocycles. The van der Waals surface area contributed by atoms with Crippen LogP contribution in [0.5, 0.6) is 17.2 Å². The molecule has 0 fully saturated rings. The molecule has 0 aromatic heterocycles. The van der Waals surface area contributed by atoms with Crippen molar-refractivity contribution < 1.29 is 27.4 Å². The minimum atomic E-state index is -3.71. The van der Waals surface area contributed by atoms with E-state index in [4.69, 9.17) is 14.2 Å². The van der Waals surface area contributed by atoms with E-state index in [1.165, 1.54) is 33.6 Å². The largest absolute Gasteiger partial charge is 0.497 e. The van der Waals surface area contributed by atoms with Gasteiger partial charge in [-0.2, -0.15) is 5.10 Å². The summed E-state index contributed by atoms with van der Waals surface area (Å²) in [6.07, 6.45) is 2.40. The van der Waals surface area contributed by atoms with Crippen molar-refractivity contribution in [3.63, 3.8) is 0 Å². The number of anilines is 1. The molecule has 2 aromatic carbocycles. The van der Waals surface area contributed by atoms with Gasteiger partial charge in [0.1, 0.15) is 12.3 Å². The molecule has 9 nitrogen and oxygen atoms in total. The number of hydrazone groups is 1. The summed E-state index contributed by atoms with van der Waals surface area (Å²) in [6, 6.07) is 11.6. The Morgan fingerprint density at radius 3 is 2.45 bits per heavy atom. The van der Waals surface area contributed by atoms with Crippen molar-refractivity contribution >= 4 is 27.8 Å². The fraction of sp³-hybridized carbons (Fsp3) is 0.263. The molecule has 0 unspecified atom stereocenters. The summed E-state index contributed by atoms with van der Waals surface area (Å²) in [5.74, 6) is 0.835. The van der Waals surface area contributed by atoms with Gasteiger partial charge in [0.15, 0.2) is 11.5 Å². The average molecular weight is 421 g/mol. The molecule has 2 aromatic rings. The molecule has 0 atom stereocenters. The normalized spacial score (nSPS) is 11.2. The first-order chi connectivity index (χ1) is 13.8. The molecular weight excluding hydrogens is 398 g/mol. The van der Waals surface area contributed by atoms with Crippen LogP contribution in [0.4, 0.5) is 5.69 Å². The van der Waals surface area contributed by atoms with E-state index in [2.05, 4.69) is 10.5 Å². The number of rotatable bonds is 9. The number of para-hydroxylation sites is 1. The van der Waals surface area contributed by atoms with Crippen LogP contribution in [0.15, 0.2) is 47.6 Å². The van der Waals surface area contributed by atoms with E-state index in [1.54, 1.807) is 36.4 Å². The number of carbonyl (C=O) groups excluding carboxylic acids is 1. The van der Waals surface area contributed by atoms with Crippen molar-refractivity contribution in [2.24, 2.45) is 5.10 Å². The number of methoxy groups -OCH3 is 3. The van der Waals surface area contributed by atoms with E-state index in [9.17, 15) is 13.2 Å². The number of nitrogens with zero attached hydrogens (tertiary/aromatic N) is 2. The van der Waals surface area contributed by atoms with Gasteiger partial charge in [-0.3, -0.25) is 9.10 Å². The molecule has 0 radical (unpaired) electrons. The van der Waals surface area contributed by atoms with Gasteiger partial charge in [0.2, 0.25) is 10.0 Å². The minimum absolute atomic E-state index is 0.306. The number of sulfonamides is 1. The van der Waals surface area contributed by atoms with E-state index >= 15 is 0 Å². The third-order valence-electron chi connectivity index (χ3n) is 3.86. The van der Waals surface area contributed by atoms with Gasteiger partial charge in [-0.25, -0.2) is 13.8 Å². The van der Waals surface area contributed by atoms with Gasteiger partial charge in [0, 0.05) is 11.6 Å². The topological polar surface area (TPSA) is 107 Å². The lowest BCUT2D eigenvalue weighted by atomic mass is 10.2. The first kappa shape index (κ1) is 22.0. The monoisotopic (exact) mass is 421 g/mol. The highest BCUT2D eigenvalue weighted by Gasteiger charge is 2.21. The molecule has 0 saturated carbocycles. The molecule has 1 amide bonds. The van der Waals surface area contributed by atoms with Crippen molar-refractivity contribution in [1.82, 2.24) is 5.43 Å². The lowest BCUT2D eigenvalue weighted by Gasteiger charge is -2.21. The van der Waals surface area contributed by atoms with E-state index < -0.39 is 22.5 Å². The smallest absolute Gasteiger partial charge is 0.260 e. The van der Waals surface area contributed by atoms with E-state index in [1.807, 2.05) is 0 Å². The summed E-state index contributed by atoms with van der Waals surface area (Å²) in [4.78, 5) is 12.3. The van der Waals surface area contributed by atoms with Gasteiger partial charge in [-0.1, -0.05) is 12.1 Å². The Morgan fingerprint density at radius 1 is 1.10 bits per heavy atom. The lowest BCUT2D eigenvalue weighted by molar-refractivity contribution is -0.119. The zero-order valence-corrected chi connectivity index (χ0v) is 17.4. The number of benzene rings is 2. The first-order valence-corrected chi connectivity index (χ1v) is 10.3. The minimum Gasteiger partial charge on any atom is -0.497 e. The van der Waals surface area contributed by atoms with Crippen molar-refractivity contribution in [2.45, 2.75) is 0 Å². The maximum Gasteiger partial charge on any atom is 0.260 e. The lowest BCUT2D eigenvalue weighted by Crippen LogP contribution is -2.39. The van der Waals surface area contributed by atoms with Crippen LogP contribution >= 0.6 is 0 Å². The van der Waals surface area contributed by atoms with Crippen LogP contribution in [0.3, 0.4) is 0 Å². The molecule has 0 spiro atoms. The molecular formula is C19H23N3O6S. The predicted octanol–water partition coefficient (Wildman–Crippen LogP) is 1.63. The zero-order valence-electron chi connectivity index (χ0n) is 16.6. The fourth-order valence-electron chi connectivity index (χ4n) is 2.52. The molecule has 0 aliphatic rings. The zero-order chi connectivity index (χ0) is 21.4.